The molecule has 1 aliphatic rings. The summed E-state index contributed by atoms with van der Waals surface area (Å²) in [5, 5.41) is 9.43. The Bertz CT molecular complexity index is 432. The van der Waals surface area contributed by atoms with Gasteiger partial charge in [-0.25, -0.2) is 0 Å². The van der Waals surface area contributed by atoms with Crippen LogP contribution in [0.4, 0.5) is 0 Å². The summed E-state index contributed by atoms with van der Waals surface area (Å²) in [5.74, 6) is 0.207. The smallest absolute Gasteiger partial charge is 0.310 e. The Morgan fingerprint density at radius 3 is 3.00 bits per heavy atom. The van der Waals surface area contributed by atoms with E-state index in [-0.39, 0.29) is 0 Å². The molecule has 0 bridgehead atoms. The van der Waals surface area contributed by atoms with Crippen molar-refractivity contribution in [2.75, 3.05) is 13.1 Å². The zero-order valence-electron chi connectivity index (χ0n) is 10.5. The lowest BCUT2D eigenvalue weighted by Gasteiger charge is -2.24. The molecule has 0 aromatic carbocycles. The first-order chi connectivity index (χ1) is 8.57. The van der Waals surface area contributed by atoms with Gasteiger partial charge in [-0.2, -0.15) is 0 Å². The largest absolute Gasteiger partial charge is 0.481 e. The lowest BCUT2D eigenvalue weighted by Crippen LogP contribution is -2.34. The lowest BCUT2D eigenvalue weighted by atomic mass is 9.83. The number of carboxylic acid groups (broad SMARTS) is 1. The van der Waals surface area contributed by atoms with Crippen LogP contribution in [-0.4, -0.2) is 29.1 Å². The van der Waals surface area contributed by atoms with E-state index in [1.807, 2.05) is 13.0 Å². The second kappa shape index (κ2) is 5.45. The summed E-state index contributed by atoms with van der Waals surface area (Å²) >= 11 is 3.43. The SMILES string of the molecule is CCCC1(C(=O)O)CCN(Cc2occc2Br)C1. The molecule has 1 N–H and O–H groups in total. The van der Waals surface area contributed by atoms with Gasteiger partial charge in [-0.1, -0.05) is 13.3 Å². The number of halogens is 1. The summed E-state index contributed by atoms with van der Waals surface area (Å²) in [4.78, 5) is 13.6. The molecule has 18 heavy (non-hydrogen) atoms. The van der Waals surface area contributed by atoms with E-state index in [0.717, 1.165) is 36.0 Å². The molecule has 1 aromatic heterocycles. The Morgan fingerprint density at radius 2 is 2.44 bits per heavy atom. The van der Waals surface area contributed by atoms with Crippen molar-refractivity contribution in [2.45, 2.75) is 32.7 Å². The maximum Gasteiger partial charge on any atom is 0.310 e. The molecule has 100 valence electrons. The first-order valence-electron chi connectivity index (χ1n) is 6.25. The summed E-state index contributed by atoms with van der Waals surface area (Å²) in [6, 6.07) is 1.86. The summed E-state index contributed by atoms with van der Waals surface area (Å²) in [6.45, 7) is 4.14. The Kier molecular flexibility index (Phi) is 4.12. The van der Waals surface area contributed by atoms with Gasteiger partial charge in [0.2, 0.25) is 0 Å². The van der Waals surface area contributed by atoms with Crippen LogP contribution in [0.15, 0.2) is 21.2 Å². The highest BCUT2D eigenvalue weighted by atomic mass is 79.9. The molecule has 0 radical (unpaired) electrons. The number of aliphatic carboxylic acids is 1. The van der Waals surface area contributed by atoms with Gasteiger partial charge in [0.25, 0.3) is 0 Å². The molecule has 2 rings (SSSR count). The van der Waals surface area contributed by atoms with Crippen LogP contribution in [-0.2, 0) is 11.3 Å². The molecule has 0 spiro atoms. The molecule has 1 saturated heterocycles. The molecular weight excluding hydrogens is 298 g/mol. The summed E-state index contributed by atoms with van der Waals surface area (Å²) in [6.07, 6.45) is 4.03. The van der Waals surface area contributed by atoms with Gasteiger partial charge in [0.15, 0.2) is 0 Å². The highest BCUT2D eigenvalue weighted by molar-refractivity contribution is 9.10. The summed E-state index contributed by atoms with van der Waals surface area (Å²) in [7, 11) is 0. The molecule has 0 aliphatic carbocycles. The minimum Gasteiger partial charge on any atom is -0.481 e. The minimum atomic E-state index is -0.662. The first kappa shape index (κ1) is 13.6. The normalized spacial score (nSPS) is 24.6. The maximum absolute atomic E-state index is 11.5. The number of nitrogens with zero attached hydrogens (tertiary/aromatic N) is 1. The molecule has 1 aromatic rings. The molecule has 5 heteroatoms. The molecule has 1 aliphatic heterocycles. The lowest BCUT2D eigenvalue weighted by molar-refractivity contribution is -0.148. The minimum absolute atomic E-state index is 0.562. The van der Waals surface area contributed by atoms with Crippen LogP contribution >= 0.6 is 15.9 Å². The van der Waals surface area contributed by atoms with E-state index in [0.29, 0.717) is 13.1 Å². The molecule has 0 amide bonds. The van der Waals surface area contributed by atoms with Gasteiger partial charge in [0, 0.05) is 6.54 Å². The summed E-state index contributed by atoms with van der Waals surface area (Å²) < 4.78 is 6.33. The van der Waals surface area contributed by atoms with Crippen LogP contribution in [0, 0.1) is 5.41 Å². The Labute approximate surface area is 115 Å². The van der Waals surface area contributed by atoms with Gasteiger partial charge >= 0.3 is 5.97 Å². The fourth-order valence-corrected chi connectivity index (χ4v) is 3.03. The van der Waals surface area contributed by atoms with Gasteiger partial charge in [-0.15, -0.1) is 0 Å². The Morgan fingerprint density at radius 1 is 1.67 bits per heavy atom. The third-order valence-corrected chi connectivity index (χ3v) is 4.38. The fourth-order valence-electron chi connectivity index (χ4n) is 2.70. The summed E-state index contributed by atoms with van der Waals surface area (Å²) in [5.41, 5.74) is -0.562. The van der Waals surface area contributed by atoms with Crippen LogP contribution in [0.25, 0.3) is 0 Å². The third-order valence-electron chi connectivity index (χ3n) is 3.67. The van der Waals surface area contributed by atoms with Gasteiger partial charge in [-0.3, -0.25) is 9.69 Å². The van der Waals surface area contributed by atoms with Crippen LogP contribution < -0.4 is 0 Å². The van der Waals surface area contributed by atoms with E-state index in [9.17, 15) is 9.90 Å². The predicted octanol–water partition coefficient (Wildman–Crippen LogP) is 3.12. The van der Waals surface area contributed by atoms with E-state index in [4.69, 9.17) is 4.42 Å². The topological polar surface area (TPSA) is 53.7 Å². The second-order valence-corrected chi connectivity index (χ2v) is 5.84. The highest BCUT2D eigenvalue weighted by Gasteiger charge is 2.44. The number of carboxylic acids is 1. The van der Waals surface area contributed by atoms with Crippen molar-refractivity contribution in [3.05, 3.63) is 22.6 Å². The van der Waals surface area contributed by atoms with Crippen LogP contribution in [0.1, 0.15) is 31.9 Å². The molecule has 1 fully saturated rings. The zero-order valence-corrected chi connectivity index (χ0v) is 12.1. The van der Waals surface area contributed by atoms with E-state index < -0.39 is 11.4 Å². The third kappa shape index (κ3) is 2.62. The molecule has 2 heterocycles. The van der Waals surface area contributed by atoms with E-state index in [1.165, 1.54) is 0 Å². The van der Waals surface area contributed by atoms with Gasteiger partial charge in [0.05, 0.1) is 22.7 Å². The molecule has 1 unspecified atom stereocenters. The zero-order chi connectivity index (χ0) is 13.2. The van der Waals surface area contributed by atoms with E-state index in [1.54, 1.807) is 6.26 Å². The van der Waals surface area contributed by atoms with Crippen LogP contribution in [0.5, 0.6) is 0 Å². The Balaban J connectivity index is 2.03. The van der Waals surface area contributed by atoms with Gasteiger partial charge in [0.1, 0.15) is 5.76 Å². The quantitative estimate of drug-likeness (QED) is 0.907. The van der Waals surface area contributed by atoms with Crippen LogP contribution in [0.2, 0.25) is 0 Å². The van der Waals surface area contributed by atoms with Crippen molar-refractivity contribution in [1.29, 1.82) is 0 Å². The van der Waals surface area contributed by atoms with Crippen LogP contribution in [0.3, 0.4) is 0 Å². The van der Waals surface area contributed by atoms with Crippen molar-refractivity contribution in [3.8, 4) is 0 Å². The number of hydrogen-bond donors (Lipinski definition) is 1. The first-order valence-corrected chi connectivity index (χ1v) is 7.04. The highest BCUT2D eigenvalue weighted by Crippen LogP contribution is 2.36. The number of furan rings is 1. The van der Waals surface area contributed by atoms with Crippen molar-refractivity contribution < 1.29 is 14.3 Å². The average Bonchev–Trinajstić information content (AvgIpc) is 2.89. The maximum atomic E-state index is 11.5. The van der Waals surface area contributed by atoms with Crippen molar-refractivity contribution in [3.63, 3.8) is 0 Å². The van der Waals surface area contributed by atoms with E-state index >= 15 is 0 Å². The molecule has 0 saturated carbocycles. The monoisotopic (exact) mass is 315 g/mol. The molecular formula is C13H18BrNO3. The average molecular weight is 316 g/mol. The number of hydrogen-bond acceptors (Lipinski definition) is 3. The standard InChI is InChI=1S/C13H18BrNO3/c1-2-4-13(12(16)17)5-6-15(9-13)8-11-10(14)3-7-18-11/h3,7H,2,4-6,8-9H2,1H3,(H,16,17). The second-order valence-electron chi connectivity index (χ2n) is 4.99. The molecule has 1 atom stereocenters. The van der Waals surface area contributed by atoms with Crippen molar-refractivity contribution in [2.24, 2.45) is 5.41 Å². The van der Waals surface area contributed by atoms with Crippen molar-refractivity contribution >= 4 is 21.9 Å². The van der Waals surface area contributed by atoms with Gasteiger partial charge in [-0.05, 0) is 41.4 Å². The number of carbonyl (C=O) groups is 1. The predicted molar refractivity (Wildman–Crippen MR) is 71.3 cm³/mol. The van der Waals surface area contributed by atoms with E-state index in [2.05, 4.69) is 20.8 Å². The molecule has 4 nitrogen and oxygen atoms in total. The van der Waals surface area contributed by atoms with Crippen molar-refractivity contribution in [1.82, 2.24) is 4.90 Å². The Hall–Kier alpha value is -0.810. The van der Waals surface area contributed by atoms with Gasteiger partial charge < -0.3 is 9.52 Å². The number of likely N-dealkylation sites (tertiary alicyclic amines) is 1. The fraction of sp³-hybridized carbons (Fsp3) is 0.615. The number of rotatable bonds is 5.